The van der Waals surface area contributed by atoms with Gasteiger partial charge in [0, 0.05) is 24.8 Å². The number of carbonyl (C=O) groups is 1. The lowest BCUT2D eigenvalue weighted by Crippen LogP contribution is -2.60. The molecule has 4 bridgehead atoms. The summed E-state index contributed by atoms with van der Waals surface area (Å²) in [5.74, 6) is 2.88. The van der Waals surface area contributed by atoms with Crippen molar-refractivity contribution in [3.05, 3.63) is 34.1 Å². The molecule has 2 aromatic rings. The number of anilines is 1. The monoisotopic (exact) mass is 461 g/mol. The molecule has 1 N–H and O–H groups in total. The third-order valence-electron chi connectivity index (χ3n) is 9.52. The standard InChI is InChI=1S/C28H35N3O3/c1-2-20-16-34-26-23(30-7-3-4-8-30)6-5-21-24(26)31(20)15-22(25(21)32)27(33)29-28-12-17-9-18(13-28)11-19(10-17)14-28/h5-6,15,17-20H,2-4,7-14,16H2,1H3,(H,29,33). The van der Waals surface area contributed by atoms with Crippen molar-refractivity contribution in [1.82, 2.24) is 9.88 Å². The molecule has 0 radical (unpaired) electrons. The number of pyridine rings is 1. The summed E-state index contributed by atoms with van der Waals surface area (Å²) in [7, 11) is 0. The van der Waals surface area contributed by atoms with Crippen molar-refractivity contribution in [2.24, 2.45) is 17.8 Å². The van der Waals surface area contributed by atoms with E-state index in [9.17, 15) is 9.59 Å². The van der Waals surface area contributed by atoms with Crippen LogP contribution in [-0.2, 0) is 0 Å². The molecule has 6 heteroatoms. The van der Waals surface area contributed by atoms with Crippen molar-refractivity contribution in [1.29, 1.82) is 0 Å². The van der Waals surface area contributed by atoms with Gasteiger partial charge in [0.05, 0.1) is 22.6 Å². The Labute approximate surface area is 200 Å². The van der Waals surface area contributed by atoms with Gasteiger partial charge in [0.15, 0.2) is 5.75 Å². The third-order valence-corrected chi connectivity index (χ3v) is 9.52. The minimum absolute atomic E-state index is 0.104. The van der Waals surface area contributed by atoms with Gasteiger partial charge in [0.1, 0.15) is 12.2 Å². The molecule has 4 saturated carbocycles. The number of carbonyl (C=O) groups excluding carboxylic acids is 1. The summed E-state index contributed by atoms with van der Waals surface area (Å²) >= 11 is 0. The molecule has 1 unspecified atom stereocenters. The molecule has 2 aliphatic heterocycles. The van der Waals surface area contributed by atoms with Gasteiger partial charge in [-0.05, 0) is 87.7 Å². The van der Waals surface area contributed by atoms with Crippen LogP contribution in [0.4, 0.5) is 5.69 Å². The first kappa shape index (κ1) is 20.8. The third kappa shape index (κ3) is 3.06. The largest absolute Gasteiger partial charge is 0.487 e. The summed E-state index contributed by atoms with van der Waals surface area (Å²) in [5.41, 5.74) is 1.97. The van der Waals surface area contributed by atoms with E-state index < -0.39 is 0 Å². The van der Waals surface area contributed by atoms with E-state index >= 15 is 0 Å². The normalized spacial score (nSPS) is 33.4. The number of hydrogen-bond donors (Lipinski definition) is 1. The number of hydrogen-bond acceptors (Lipinski definition) is 4. The van der Waals surface area contributed by atoms with Gasteiger partial charge in [-0.25, -0.2) is 0 Å². The lowest BCUT2D eigenvalue weighted by atomic mass is 9.53. The Kier molecular flexibility index (Phi) is 4.59. The number of rotatable bonds is 4. The van der Waals surface area contributed by atoms with Crippen LogP contribution in [0, 0.1) is 17.8 Å². The zero-order valence-corrected chi connectivity index (χ0v) is 20.1. The van der Waals surface area contributed by atoms with Crippen molar-refractivity contribution < 1.29 is 9.53 Å². The first-order valence-corrected chi connectivity index (χ1v) is 13.5. The van der Waals surface area contributed by atoms with Crippen LogP contribution < -0.4 is 20.4 Å². The van der Waals surface area contributed by atoms with E-state index in [-0.39, 0.29) is 22.9 Å². The van der Waals surface area contributed by atoms with E-state index in [4.69, 9.17) is 4.74 Å². The Bertz CT molecular complexity index is 1190. The zero-order valence-electron chi connectivity index (χ0n) is 20.1. The van der Waals surface area contributed by atoms with Crippen LogP contribution in [0.25, 0.3) is 10.9 Å². The lowest BCUT2D eigenvalue weighted by Gasteiger charge is -2.56. The fourth-order valence-electron chi connectivity index (χ4n) is 8.35. The van der Waals surface area contributed by atoms with Gasteiger partial charge >= 0.3 is 0 Å². The number of amides is 1. The molecule has 1 amide bonds. The number of benzene rings is 1. The molecule has 6 aliphatic rings. The predicted molar refractivity (Wildman–Crippen MR) is 133 cm³/mol. The molecule has 1 aromatic heterocycles. The molecule has 1 aromatic carbocycles. The van der Waals surface area contributed by atoms with Gasteiger partial charge in [-0.3, -0.25) is 9.59 Å². The maximum atomic E-state index is 13.7. The van der Waals surface area contributed by atoms with E-state index in [1.165, 1.54) is 32.1 Å². The Morgan fingerprint density at radius 1 is 1.09 bits per heavy atom. The Balaban J connectivity index is 1.31. The number of aromatic nitrogens is 1. The molecular weight excluding hydrogens is 426 g/mol. The molecule has 0 spiro atoms. The molecule has 3 heterocycles. The molecule has 34 heavy (non-hydrogen) atoms. The van der Waals surface area contributed by atoms with Gasteiger partial charge < -0.3 is 19.5 Å². The molecule has 1 saturated heterocycles. The Morgan fingerprint density at radius 2 is 1.76 bits per heavy atom. The molecule has 6 nitrogen and oxygen atoms in total. The first-order chi connectivity index (χ1) is 16.5. The van der Waals surface area contributed by atoms with Gasteiger partial charge in [-0.1, -0.05) is 6.92 Å². The van der Waals surface area contributed by atoms with Crippen LogP contribution in [-0.4, -0.2) is 35.7 Å². The smallest absolute Gasteiger partial charge is 0.257 e. The summed E-state index contributed by atoms with van der Waals surface area (Å²) in [5, 5.41) is 4.03. The molecule has 180 valence electrons. The van der Waals surface area contributed by atoms with Gasteiger partial charge in [-0.2, -0.15) is 0 Å². The van der Waals surface area contributed by atoms with Crippen molar-refractivity contribution >= 4 is 22.5 Å². The number of nitrogens with zero attached hydrogens (tertiary/aromatic N) is 2. The average Bonchev–Trinajstić information content (AvgIpc) is 3.34. The van der Waals surface area contributed by atoms with E-state index in [1.54, 1.807) is 0 Å². The van der Waals surface area contributed by atoms with Crippen molar-refractivity contribution in [3.8, 4) is 5.75 Å². The topological polar surface area (TPSA) is 63.6 Å². The maximum Gasteiger partial charge on any atom is 0.257 e. The van der Waals surface area contributed by atoms with E-state index in [1.807, 2.05) is 18.3 Å². The zero-order chi connectivity index (χ0) is 23.0. The summed E-state index contributed by atoms with van der Waals surface area (Å²) < 4.78 is 8.46. The van der Waals surface area contributed by atoms with Gasteiger partial charge in [0.2, 0.25) is 5.43 Å². The van der Waals surface area contributed by atoms with Crippen LogP contribution in [0.5, 0.6) is 5.75 Å². The lowest BCUT2D eigenvalue weighted by molar-refractivity contribution is -0.0167. The average molecular weight is 462 g/mol. The quantitative estimate of drug-likeness (QED) is 0.720. The van der Waals surface area contributed by atoms with E-state index in [2.05, 4.69) is 21.7 Å². The van der Waals surface area contributed by atoms with Gasteiger partial charge in [-0.15, -0.1) is 0 Å². The van der Waals surface area contributed by atoms with Crippen molar-refractivity contribution in [2.75, 3.05) is 24.6 Å². The fourth-order valence-corrected chi connectivity index (χ4v) is 8.35. The SMILES string of the molecule is CCC1COc2c(N3CCCC3)ccc3c(=O)c(C(=O)NC45CC6CC(CC(C6)C4)C5)cn1c23. The summed E-state index contributed by atoms with van der Waals surface area (Å²) in [4.78, 5) is 29.7. The minimum atomic E-state index is -0.177. The maximum absolute atomic E-state index is 13.7. The molecule has 5 fully saturated rings. The summed E-state index contributed by atoms with van der Waals surface area (Å²) in [6.07, 6.45) is 12.4. The van der Waals surface area contributed by atoms with Crippen molar-refractivity contribution in [2.45, 2.75) is 76.3 Å². The van der Waals surface area contributed by atoms with Crippen LogP contribution in [0.1, 0.15) is 81.1 Å². The van der Waals surface area contributed by atoms with E-state index in [0.717, 1.165) is 73.5 Å². The van der Waals surface area contributed by atoms with Gasteiger partial charge in [0.25, 0.3) is 5.91 Å². The first-order valence-electron chi connectivity index (χ1n) is 13.5. The van der Waals surface area contributed by atoms with E-state index in [0.29, 0.717) is 17.6 Å². The molecule has 4 aliphatic carbocycles. The highest BCUT2D eigenvalue weighted by Crippen LogP contribution is 2.55. The predicted octanol–water partition coefficient (Wildman–Crippen LogP) is 4.64. The van der Waals surface area contributed by atoms with Crippen molar-refractivity contribution in [3.63, 3.8) is 0 Å². The molecular formula is C28H35N3O3. The summed E-state index contributed by atoms with van der Waals surface area (Å²) in [6.45, 7) is 4.76. The molecule has 8 rings (SSSR count). The van der Waals surface area contributed by atoms with Crippen LogP contribution in [0.2, 0.25) is 0 Å². The van der Waals surface area contributed by atoms with Crippen LogP contribution in [0.15, 0.2) is 23.1 Å². The number of nitrogens with one attached hydrogen (secondary N) is 1. The molecule has 1 atom stereocenters. The minimum Gasteiger partial charge on any atom is -0.487 e. The fraction of sp³-hybridized carbons (Fsp3) is 0.643. The Morgan fingerprint density at radius 3 is 2.41 bits per heavy atom. The second-order valence-electron chi connectivity index (χ2n) is 11.8. The van der Waals surface area contributed by atoms with Crippen LogP contribution >= 0.6 is 0 Å². The number of ether oxygens (including phenoxy) is 1. The van der Waals surface area contributed by atoms with Crippen LogP contribution in [0.3, 0.4) is 0 Å². The highest BCUT2D eigenvalue weighted by Gasteiger charge is 2.51. The Hall–Kier alpha value is -2.50. The summed E-state index contributed by atoms with van der Waals surface area (Å²) in [6, 6.07) is 4.08. The second-order valence-corrected chi connectivity index (χ2v) is 11.8. The second kappa shape index (κ2) is 7.50. The highest BCUT2D eigenvalue weighted by molar-refractivity contribution is 6.00. The highest BCUT2D eigenvalue weighted by atomic mass is 16.5.